The Bertz CT molecular complexity index is 1400. The minimum absolute atomic E-state index is 0.241. The highest BCUT2D eigenvalue weighted by atomic mass is 35.5. The number of pyridine rings is 1. The molecule has 0 unspecified atom stereocenters. The third-order valence-corrected chi connectivity index (χ3v) is 5.80. The Morgan fingerprint density at radius 1 is 1.09 bits per heavy atom. The molecule has 33 heavy (non-hydrogen) atoms. The molecule has 162 valence electrons. The highest BCUT2D eigenvalue weighted by Crippen LogP contribution is 2.30. The first-order chi connectivity index (χ1) is 16.0. The molecule has 0 atom stereocenters. The van der Waals surface area contributed by atoms with E-state index in [-0.39, 0.29) is 5.91 Å². The van der Waals surface area contributed by atoms with Crippen molar-refractivity contribution >= 4 is 46.6 Å². The zero-order chi connectivity index (χ0) is 22.9. The van der Waals surface area contributed by atoms with E-state index in [0.29, 0.717) is 27.2 Å². The van der Waals surface area contributed by atoms with Crippen molar-refractivity contribution < 1.29 is 4.79 Å². The van der Waals surface area contributed by atoms with Gasteiger partial charge in [0, 0.05) is 34.7 Å². The van der Waals surface area contributed by atoms with Gasteiger partial charge in [-0.05, 0) is 73.2 Å². The third kappa shape index (κ3) is 4.04. The van der Waals surface area contributed by atoms with Crippen molar-refractivity contribution in [1.82, 2.24) is 20.1 Å². The number of benzene rings is 2. The van der Waals surface area contributed by atoms with Crippen molar-refractivity contribution in [2.75, 3.05) is 4.90 Å². The number of hydrogen-bond donors (Lipinski definition) is 1. The second-order valence-electron chi connectivity index (χ2n) is 7.51. The average molecular weight is 472 g/mol. The molecule has 8 heteroatoms. The van der Waals surface area contributed by atoms with Gasteiger partial charge in [0.2, 0.25) is 0 Å². The number of nitrogens with zero attached hydrogens (tertiary/aromatic N) is 4. The van der Waals surface area contributed by atoms with Crippen molar-refractivity contribution in [1.29, 1.82) is 0 Å². The van der Waals surface area contributed by atoms with Gasteiger partial charge in [-0.1, -0.05) is 29.8 Å². The lowest BCUT2D eigenvalue weighted by atomic mass is 10.1. The van der Waals surface area contributed by atoms with Crippen LogP contribution in [0.4, 0.5) is 5.69 Å². The third-order valence-electron chi connectivity index (χ3n) is 5.28. The van der Waals surface area contributed by atoms with Crippen LogP contribution in [0.15, 0.2) is 85.0 Å². The summed E-state index contributed by atoms with van der Waals surface area (Å²) in [5.74, 6) is -0.241. The van der Waals surface area contributed by atoms with Crippen LogP contribution in [0.25, 0.3) is 23.0 Å². The van der Waals surface area contributed by atoms with Gasteiger partial charge >= 0.3 is 0 Å². The van der Waals surface area contributed by atoms with Crippen molar-refractivity contribution in [3.8, 4) is 16.9 Å². The van der Waals surface area contributed by atoms with E-state index >= 15 is 0 Å². The van der Waals surface area contributed by atoms with Gasteiger partial charge in [-0.2, -0.15) is 5.10 Å². The summed E-state index contributed by atoms with van der Waals surface area (Å²) in [6, 6.07) is 18.9. The lowest BCUT2D eigenvalue weighted by molar-refractivity contribution is -0.113. The van der Waals surface area contributed by atoms with Crippen LogP contribution in [0.1, 0.15) is 11.1 Å². The molecular formula is C25H18ClN5OS. The molecule has 6 nitrogen and oxygen atoms in total. The van der Waals surface area contributed by atoms with Crippen molar-refractivity contribution in [3.05, 3.63) is 101 Å². The molecule has 0 saturated carbocycles. The number of thiocarbonyl (C=S) groups is 1. The Kier molecular flexibility index (Phi) is 5.50. The van der Waals surface area contributed by atoms with Gasteiger partial charge in [0.1, 0.15) is 11.4 Å². The molecule has 0 aliphatic carbocycles. The van der Waals surface area contributed by atoms with E-state index in [2.05, 4.69) is 10.3 Å². The maximum absolute atomic E-state index is 13.3. The molecule has 5 rings (SSSR count). The van der Waals surface area contributed by atoms with Crippen LogP contribution in [-0.2, 0) is 4.79 Å². The quantitative estimate of drug-likeness (QED) is 0.329. The summed E-state index contributed by atoms with van der Waals surface area (Å²) in [4.78, 5) is 19.0. The largest absolute Gasteiger partial charge is 0.327 e. The Hall–Kier alpha value is -3.81. The van der Waals surface area contributed by atoms with Crippen LogP contribution in [-0.4, -0.2) is 25.8 Å². The number of carbonyl (C=O) groups is 1. The molecule has 2 aromatic carbocycles. The fourth-order valence-corrected chi connectivity index (χ4v) is 4.23. The molecule has 2 aromatic heterocycles. The number of hydrogen-bond acceptors (Lipinski definition) is 4. The van der Waals surface area contributed by atoms with Gasteiger partial charge in [-0.3, -0.25) is 14.7 Å². The molecule has 3 heterocycles. The number of para-hydroxylation sites is 1. The van der Waals surface area contributed by atoms with Crippen molar-refractivity contribution in [3.63, 3.8) is 0 Å². The zero-order valence-corrected chi connectivity index (χ0v) is 19.1. The number of rotatable bonds is 4. The van der Waals surface area contributed by atoms with Gasteiger partial charge in [0.05, 0.1) is 11.4 Å². The summed E-state index contributed by atoms with van der Waals surface area (Å²) < 4.78 is 1.79. The molecule has 1 fully saturated rings. The molecule has 0 bridgehead atoms. The Labute approximate surface area is 201 Å². The van der Waals surface area contributed by atoms with Gasteiger partial charge in [-0.15, -0.1) is 0 Å². The number of aromatic nitrogens is 3. The van der Waals surface area contributed by atoms with Gasteiger partial charge in [0.25, 0.3) is 5.91 Å². The number of carbonyl (C=O) groups excluding carboxylic acids is 1. The van der Waals surface area contributed by atoms with E-state index in [4.69, 9.17) is 28.9 Å². The fourth-order valence-electron chi connectivity index (χ4n) is 3.71. The van der Waals surface area contributed by atoms with Crippen LogP contribution >= 0.6 is 23.8 Å². The first kappa shape index (κ1) is 21.1. The molecule has 0 radical (unpaired) electrons. The molecule has 1 amide bonds. The van der Waals surface area contributed by atoms with Crippen LogP contribution in [0.2, 0.25) is 5.02 Å². The first-order valence-electron chi connectivity index (χ1n) is 10.2. The zero-order valence-electron chi connectivity index (χ0n) is 17.6. The van der Waals surface area contributed by atoms with E-state index in [0.717, 1.165) is 22.4 Å². The van der Waals surface area contributed by atoms with E-state index in [1.54, 1.807) is 41.4 Å². The predicted octanol–water partition coefficient (Wildman–Crippen LogP) is 5.16. The SMILES string of the molecule is Cc1cc(Cl)ccc1N1C(=O)/C(=C\c2cn(-c3ccccc3)nc2-c2cccnc2)NC1=S. The Morgan fingerprint density at radius 2 is 1.91 bits per heavy atom. The fraction of sp³-hybridized carbons (Fsp3) is 0.0400. The molecule has 1 aliphatic heterocycles. The number of amides is 1. The Balaban J connectivity index is 1.58. The summed E-state index contributed by atoms with van der Waals surface area (Å²) in [7, 11) is 0. The molecule has 0 spiro atoms. The minimum atomic E-state index is -0.241. The first-order valence-corrected chi connectivity index (χ1v) is 11.0. The van der Waals surface area contributed by atoms with Crippen LogP contribution in [0.5, 0.6) is 0 Å². The van der Waals surface area contributed by atoms with E-state index in [9.17, 15) is 4.79 Å². The normalized spacial score (nSPS) is 14.7. The van der Waals surface area contributed by atoms with Gasteiger partial charge < -0.3 is 5.32 Å². The highest BCUT2D eigenvalue weighted by molar-refractivity contribution is 7.80. The highest BCUT2D eigenvalue weighted by Gasteiger charge is 2.33. The van der Waals surface area contributed by atoms with E-state index in [1.165, 1.54) is 4.90 Å². The lowest BCUT2D eigenvalue weighted by Gasteiger charge is -2.16. The van der Waals surface area contributed by atoms with Gasteiger partial charge in [-0.25, -0.2) is 4.68 Å². The summed E-state index contributed by atoms with van der Waals surface area (Å²) in [6.07, 6.45) is 7.12. The number of anilines is 1. The molecule has 1 saturated heterocycles. The number of nitrogens with one attached hydrogen (secondary N) is 1. The minimum Gasteiger partial charge on any atom is -0.327 e. The maximum atomic E-state index is 13.3. The van der Waals surface area contributed by atoms with E-state index in [1.807, 2.05) is 55.6 Å². The molecular weight excluding hydrogens is 454 g/mol. The lowest BCUT2D eigenvalue weighted by Crippen LogP contribution is -2.30. The van der Waals surface area contributed by atoms with Crippen molar-refractivity contribution in [2.45, 2.75) is 6.92 Å². The molecule has 1 N–H and O–H groups in total. The topological polar surface area (TPSA) is 63.1 Å². The Morgan fingerprint density at radius 3 is 2.64 bits per heavy atom. The number of halogens is 1. The average Bonchev–Trinajstić information content (AvgIpc) is 3.36. The van der Waals surface area contributed by atoms with Gasteiger partial charge in [0.15, 0.2) is 5.11 Å². The summed E-state index contributed by atoms with van der Waals surface area (Å²) in [6.45, 7) is 1.89. The van der Waals surface area contributed by atoms with Crippen LogP contribution in [0, 0.1) is 6.92 Å². The standard InChI is InChI=1S/C25H18ClN5OS/c1-16-12-19(26)9-10-22(16)31-24(32)21(28-25(31)33)13-18-15-30(20-7-3-2-4-8-20)29-23(18)17-6-5-11-27-14-17/h2-15H,1H3,(H,28,33)/b21-13+. The summed E-state index contributed by atoms with van der Waals surface area (Å²) >= 11 is 11.6. The van der Waals surface area contributed by atoms with Crippen LogP contribution in [0.3, 0.4) is 0 Å². The molecule has 1 aliphatic rings. The predicted molar refractivity (Wildman–Crippen MR) is 134 cm³/mol. The van der Waals surface area contributed by atoms with Crippen molar-refractivity contribution in [2.24, 2.45) is 0 Å². The smallest absolute Gasteiger partial charge is 0.281 e. The molecule has 4 aromatic rings. The second-order valence-corrected chi connectivity index (χ2v) is 8.34. The summed E-state index contributed by atoms with van der Waals surface area (Å²) in [5.41, 5.74) is 5.14. The second kappa shape index (κ2) is 8.61. The maximum Gasteiger partial charge on any atom is 0.281 e. The van der Waals surface area contributed by atoms with E-state index < -0.39 is 0 Å². The number of aryl methyl sites for hydroxylation is 1. The summed E-state index contributed by atoms with van der Waals surface area (Å²) in [5, 5.41) is 8.74. The monoisotopic (exact) mass is 471 g/mol. The van der Waals surface area contributed by atoms with Crippen LogP contribution < -0.4 is 10.2 Å².